The van der Waals surface area contributed by atoms with Crippen molar-refractivity contribution < 1.29 is 4.39 Å². The Labute approximate surface area is 104 Å². The van der Waals surface area contributed by atoms with E-state index in [2.05, 4.69) is 19.1 Å². The van der Waals surface area contributed by atoms with Crippen LogP contribution in [0.25, 0.3) is 0 Å². The van der Waals surface area contributed by atoms with Crippen molar-refractivity contribution in [2.75, 3.05) is 0 Å². The average molecular weight is 232 g/mol. The summed E-state index contributed by atoms with van der Waals surface area (Å²) in [6.45, 7) is 4.08. The minimum atomic E-state index is -0.0738. The first-order chi connectivity index (χ1) is 8.15. The highest BCUT2D eigenvalue weighted by Crippen LogP contribution is 2.25. The van der Waals surface area contributed by atoms with E-state index in [4.69, 9.17) is 0 Å². The van der Waals surface area contributed by atoms with Crippen molar-refractivity contribution in [2.45, 2.75) is 39.5 Å². The highest BCUT2D eigenvalue weighted by molar-refractivity contribution is 5.23. The van der Waals surface area contributed by atoms with Gasteiger partial charge in [-0.2, -0.15) is 0 Å². The highest BCUT2D eigenvalue weighted by Gasteiger charge is 2.12. The zero-order valence-corrected chi connectivity index (χ0v) is 10.7. The molecule has 1 aliphatic rings. The highest BCUT2D eigenvalue weighted by atomic mass is 19.1. The minimum absolute atomic E-state index is 0.0738. The van der Waals surface area contributed by atoms with Gasteiger partial charge in [-0.3, -0.25) is 0 Å². The van der Waals surface area contributed by atoms with E-state index in [1.165, 1.54) is 12.8 Å². The quantitative estimate of drug-likeness (QED) is 0.664. The Hall–Kier alpha value is -1.11. The number of rotatable bonds is 3. The topological polar surface area (TPSA) is 0 Å². The summed E-state index contributed by atoms with van der Waals surface area (Å²) in [7, 11) is 0. The van der Waals surface area contributed by atoms with E-state index in [1.54, 1.807) is 6.07 Å². The predicted molar refractivity (Wildman–Crippen MR) is 70.5 cm³/mol. The molecule has 0 bridgehead atoms. The number of hydrogen-bond acceptors (Lipinski definition) is 0. The maximum atomic E-state index is 13.4. The standard InChI is InChI=1S/C16H21F/c1-12-3-6-14(7-4-12)9-10-15-8-5-13(2)16(17)11-15/h3,5-6,8,11-12,14H,4,7,9-10H2,1-2H3. The molecule has 1 aliphatic carbocycles. The van der Waals surface area contributed by atoms with Crippen LogP contribution >= 0.6 is 0 Å². The van der Waals surface area contributed by atoms with Crippen LogP contribution in [0.1, 0.15) is 37.3 Å². The van der Waals surface area contributed by atoms with Gasteiger partial charge in [-0.05, 0) is 61.6 Å². The molecule has 1 aromatic rings. The van der Waals surface area contributed by atoms with Gasteiger partial charge in [0.1, 0.15) is 5.82 Å². The number of allylic oxidation sites excluding steroid dienone is 2. The van der Waals surface area contributed by atoms with Crippen molar-refractivity contribution in [3.05, 3.63) is 47.3 Å². The number of aryl methyl sites for hydroxylation is 2. The first-order valence-corrected chi connectivity index (χ1v) is 6.58. The molecule has 2 rings (SSSR count). The van der Waals surface area contributed by atoms with Crippen LogP contribution in [0.2, 0.25) is 0 Å². The van der Waals surface area contributed by atoms with Crippen LogP contribution in [0.3, 0.4) is 0 Å². The molecule has 0 heterocycles. The van der Waals surface area contributed by atoms with Gasteiger partial charge in [0.15, 0.2) is 0 Å². The number of benzene rings is 1. The Morgan fingerprint density at radius 3 is 2.71 bits per heavy atom. The molecule has 2 unspecified atom stereocenters. The maximum absolute atomic E-state index is 13.4. The van der Waals surface area contributed by atoms with Crippen LogP contribution in [-0.2, 0) is 6.42 Å². The van der Waals surface area contributed by atoms with Crippen LogP contribution in [-0.4, -0.2) is 0 Å². The molecule has 92 valence electrons. The second kappa shape index (κ2) is 5.48. The summed E-state index contributed by atoms with van der Waals surface area (Å²) in [6, 6.07) is 5.61. The first kappa shape index (κ1) is 12.3. The third-order valence-corrected chi connectivity index (χ3v) is 3.74. The third kappa shape index (κ3) is 3.42. The average Bonchev–Trinajstić information content (AvgIpc) is 2.33. The van der Waals surface area contributed by atoms with Crippen molar-refractivity contribution in [3.8, 4) is 0 Å². The Kier molecular flexibility index (Phi) is 3.98. The molecule has 2 atom stereocenters. The molecular weight excluding hydrogens is 211 g/mol. The van der Waals surface area contributed by atoms with Gasteiger partial charge in [-0.15, -0.1) is 0 Å². The van der Waals surface area contributed by atoms with E-state index < -0.39 is 0 Å². The van der Waals surface area contributed by atoms with E-state index in [0.717, 1.165) is 29.9 Å². The molecule has 0 aromatic heterocycles. The predicted octanol–water partition coefficient (Wildman–Crippen LogP) is 4.67. The van der Waals surface area contributed by atoms with Gasteiger partial charge in [0.05, 0.1) is 0 Å². The van der Waals surface area contributed by atoms with Crippen molar-refractivity contribution >= 4 is 0 Å². The minimum Gasteiger partial charge on any atom is -0.207 e. The molecule has 0 saturated heterocycles. The zero-order chi connectivity index (χ0) is 12.3. The summed E-state index contributed by atoms with van der Waals surface area (Å²) in [5.74, 6) is 1.36. The fourth-order valence-electron chi connectivity index (χ4n) is 2.40. The Morgan fingerprint density at radius 2 is 2.06 bits per heavy atom. The summed E-state index contributed by atoms with van der Waals surface area (Å²) < 4.78 is 13.4. The largest absolute Gasteiger partial charge is 0.207 e. The Balaban J connectivity index is 1.89. The molecule has 0 N–H and O–H groups in total. The second-order valence-electron chi connectivity index (χ2n) is 5.32. The monoisotopic (exact) mass is 232 g/mol. The number of halogens is 1. The van der Waals surface area contributed by atoms with Gasteiger partial charge in [0, 0.05) is 0 Å². The van der Waals surface area contributed by atoms with Gasteiger partial charge in [-0.25, -0.2) is 4.39 Å². The lowest BCUT2D eigenvalue weighted by atomic mass is 9.86. The maximum Gasteiger partial charge on any atom is 0.126 e. The number of hydrogen-bond donors (Lipinski definition) is 0. The molecule has 0 nitrogen and oxygen atoms in total. The molecule has 0 spiro atoms. The zero-order valence-electron chi connectivity index (χ0n) is 10.7. The lowest BCUT2D eigenvalue weighted by Gasteiger charge is -2.20. The molecule has 1 aromatic carbocycles. The van der Waals surface area contributed by atoms with Crippen molar-refractivity contribution in [2.24, 2.45) is 11.8 Å². The van der Waals surface area contributed by atoms with Crippen molar-refractivity contribution in [1.29, 1.82) is 0 Å². The summed E-state index contributed by atoms with van der Waals surface area (Å²) in [5, 5.41) is 0. The summed E-state index contributed by atoms with van der Waals surface area (Å²) in [4.78, 5) is 0. The molecule has 17 heavy (non-hydrogen) atoms. The normalized spacial score (nSPS) is 23.9. The van der Waals surface area contributed by atoms with Gasteiger partial charge in [0.25, 0.3) is 0 Å². The van der Waals surface area contributed by atoms with E-state index >= 15 is 0 Å². The molecular formula is C16H21F. The Bertz CT molecular complexity index is 406. The van der Waals surface area contributed by atoms with Crippen molar-refractivity contribution in [3.63, 3.8) is 0 Å². The smallest absolute Gasteiger partial charge is 0.126 e. The summed E-state index contributed by atoms with van der Waals surface area (Å²) in [6.07, 6.45) is 9.38. The van der Waals surface area contributed by atoms with Crippen LogP contribution in [0.15, 0.2) is 30.4 Å². The molecule has 0 saturated carbocycles. The third-order valence-electron chi connectivity index (χ3n) is 3.74. The lowest BCUT2D eigenvalue weighted by molar-refractivity contribution is 0.453. The first-order valence-electron chi connectivity index (χ1n) is 6.58. The molecule has 0 radical (unpaired) electrons. The van der Waals surface area contributed by atoms with Gasteiger partial charge < -0.3 is 0 Å². The fraction of sp³-hybridized carbons (Fsp3) is 0.500. The van der Waals surface area contributed by atoms with Crippen LogP contribution in [0.5, 0.6) is 0 Å². The molecule has 1 heteroatoms. The fourth-order valence-corrected chi connectivity index (χ4v) is 2.40. The summed E-state index contributed by atoms with van der Waals surface area (Å²) >= 11 is 0. The van der Waals surface area contributed by atoms with E-state index in [0.29, 0.717) is 5.92 Å². The van der Waals surface area contributed by atoms with Crippen LogP contribution < -0.4 is 0 Å². The molecule has 0 amide bonds. The van der Waals surface area contributed by atoms with Crippen LogP contribution in [0, 0.1) is 24.6 Å². The summed E-state index contributed by atoms with van der Waals surface area (Å²) in [5.41, 5.74) is 1.86. The lowest BCUT2D eigenvalue weighted by Crippen LogP contribution is -2.07. The molecule has 0 aliphatic heterocycles. The van der Waals surface area contributed by atoms with Gasteiger partial charge in [-0.1, -0.05) is 31.2 Å². The Morgan fingerprint density at radius 1 is 1.24 bits per heavy atom. The SMILES string of the molecule is Cc1ccc(CCC2C=CC(C)CC2)cc1F. The van der Waals surface area contributed by atoms with Crippen molar-refractivity contribution in [1.82, 2.24) is 0 Å². The van der Waals surface area contributed by atoms with E-state index in [9.17, 15) is 4.39 Å². The van der Waals surface area contributed by atoms with Gasteiger partial charge >= 0.3 is 0 Å². The van der Waals surface area contributed by atoms with Gasteiger partial charge in [0.2, 0.25) is 0 Å². The molecule has 0 fully saturated rings. The van der Waals surface area contributed by atoms with E-state index in [1.807, 2.05) is 19.1 Å². The second-order valence-corrected chi connectivity index (χ2v) is 5.32. The van der Waals surface area contributed by atoms with E-state index in [-0.39, 0.29) is 5.82 Å². The van der Waals surface area contributed by atoms with Crippen LogP contribution in [0.4, 0.5) is 4.39 Å².